The predicted octanol–water partition coefficient (Wildman–Crippen LogP) is 5.99. The minimum atomic E-state index is -0.120. The minimum Gasteiger partial charge on any atom is -0.343 e. The Morgan fingerprint density at radius 1 is 1.38 bits per heavy atom. The third-order valence-corrected chi connectivity index (χ3v) is 4.94. The fourth-order valence-electron chi connectivity index (χ4n) is 3.57. The number of fused-ring (bicyclic) bond motifs is 2. The standard InChI is InChI=1S/C21H25N3.C2H6/c1-5-7-8-10-17-13-21(14-19(17)23-15(3)6-2)16(4)24-20-18(21)11-9-12-22-20;1-2/h5-7,9-12,15H,2,4,8,13-14H2,1,3H3,(H,22,24);1-2H3/b7-5-,17-10-,23-19?;/t15?,21-;/m1./s1. The van der Waals surface area contributed by atoms with Crippen LogP contribution in [0.5, 0.6) is 0 Å². The molecule has 1 aliphatic heterocycles. The van der Waals surface area contributed by atoms with Gasteiger partial charge in [0.1, 0.15) is 5.82 Å². The zero-order valence-electron chi connectivity index (χ0n) is 16.5. The Morgan fingerprint density at radius 3 is 2.85 bits per heavy atom. The van der Waals surface area contributed by atoms with Gasteiger partial charge in [-0.05, 0) is 38.3 Å². The number of aliphatic imine (C=N–C) groups is 1. The number of aromatic nitrogens is 1. The van der Waals surface area contributed by atoms with Gasteiger partial charge in [0.15, 0.2) is 0 Å². The van der Waals surface area contributed by atoms with E-state index in [0.717, 1.165) is 30.8 Å². The summed E-state index contributed by atoms with van der Waals surface area (Å²) in [4.78, 5) is 9.37. The summed E-state index contributed by atoms with van der Waals surface area (Å²) in [5, 5.41) is 3.38. The Kier molecular flexibility index (Phi) is 6.73. The topological polar surface area (TPSA) is 37.3 Å². The number of hydrogen-bond donors (Lipinski definition) is 1. The van der Waals surface area contributed by atoms with E-state index in [1.54, 1.807) is 0 Å². The lowest BCUT2D eigenvalue weighted by Crippen LogP contribution is -2.22. The lowest BCUT2D eigenvalue weighted by Gasteiger charge is -2.23. The van der Waals surface area contributed by atoms with Gasteiger partial charge in [-0.15, -0.1) is 6.58 Å². The number of hydrogen-bond acceptors (Lipinski definition) is 3. The van der Waals surface area contributed by atoms with Gasteiger partial charge < -0.3 is 5.32 Å². The molecule has 2 aliphatic rings. The molecule has 26 heavy (non-hydrogen) atoms. The van der Waals surface area contributed by atoms with Crippen molar-refractivity contribution in [3.8, 4) is 0 Å². The van der Waals surface area contributed by atoms with Gasteiger partial charge >= 0.3 is 0 Å². The van der Waals surface area contributed by atoms with Crippen LogP contribution in [0.1, 0.15) is 52.5 Å². The molecule has 1 aliphatic carbocycles. The summed E-state index contributed by atoms with van der Waals surface area (Å²) in [5.41, 5.74) is 4.64. The summed E-state index contributed by atoms with van der Waals surface area (Å²) in [6.07, 6.45) is 13.0. The Bertz CT molecular complexity index is 754. The van der Waals surface area contributed by atoms with Crippen LogP contribution in [-0.2, 0) is 5.41 Å². The van der Waals surface area contributed by atoms with Crippen molar-refractivity contribution in [2.24, 2.45) is 4.99 Å². The molecule has 0 aromatic carbocycles. The largest absolute Gasteiger partial charge is 0.343 e. The van der Waals surface area contributed by atoms with E-state index in [-0.39, 0.29) is 11.5 Å². The molecule has 0 radical (unpaired) electrons. The van der Waals surface area contributed by atoms with Crippen LogP contribution >= 0.6 is 0 Å². The highest BCUT2D eigenvalue weighted by molar-refractivity contribution is 6.05. The van der Waals surface area contributed by atoms with Gasteiger partial charge in [-0.1, -0.05) is 50.8 Å². The maximum Gasteiger partial charge on any atom is 0.134 e. The summed E-state index contributed by atoms with van der Waals surface area (Å²) in [6.45, 7) is 16.3. The Hall–Kier alpha value is -2.42. The minimum absolute atomic E-state index is 0.120. The van der Waals surface area contributed by atoms with E-state index in [4.69, 9.17) is 4.99 Å². The van der Waals surface area contributed by atoms with Crippen LogP contribution in [0.25, 0.3) is 0 Å². The number of rotatable bonds is 4. The molecule has 2 heterocycles. The number of pyridine rings is 1. The number of nitrogens with one attached hydrogen (secondary N) is 1. The normalized spacial score (nSPS) is 25.3. The summed E-state index contributed by atoms with van der Waals surface area (Å²) >= 11 is 0. The van der Waals surface area contributed by atoms with E-state index >= 15 is 0 Å². The molecule has 1 saturated carbocycles. The van der Waals surface area contributed by atoms with Gasteiger partial charge in [0.25, 0.3) is 0 Å². The Morgan fingerprint density at radius 2 is 2.15 bits per heavy atom. The molecule has 1 N–H and O–H groups in total. The quantitative estimate of drug-likeness (QED) is 0.678. The fraction of sp³-hybridized carbons (Fsp3) is 0.391. The van der Waals surface area contributed by atoms with Gasteiger partial charge in [-0.2, -0.15) is 0 Å². The Labute approximate surface area is 158 Å². The van der Waals surface area contributed by atoms with Crippen molar-refractivity contribution in [3.63, 3.8) is 0 Å². The van der Waals surface area contributed by atoms with E-state index in [2.05, 4.69) is 54.7 Å². The van der Waals surface area contributed by atoms with Gasteiger partial charge in [0.2, 0.25) is 0 Å². The zero-order chi connectivity index (χ0) is 19.2. The van der Waals surface area contributed by atoms with E-state index < -0.39 is 0 Å². The second-order valence-electron chi connectivity index (χ2n) is 6.52. The van der Waals surface area contributed by atoms with Crippen molar-refractivity contribution in [3.05, 3.63) is 72.6 Å². The smallest absolute Gasteiger partial charge is 0.134 e. The van der Waals surface area contributed by atoms with Crippen molar-refractivity contribution in [2.75, 3.05) is 5.32 Å². The van der Waals surface area contributed by atoms with Crippen LogP contribution in [0.2, 0.25) is 0 Å². The van der Waals surface area contributed by atoms with Crippen molar-refractivity contribution < 1.29 is 0 Å². The van der Waals surface area contributed by atoms with Crippen LogP contribution in [0, 0.1) is 0 Å². The zero-order valence-corrected chi connectivity index (χ0v) is 16.5. The molecule has 1 aromatic rings. The molecule has 3 nitrogen and oxygen atoms in total. The third-order valence-electron chi connectivity index (χ3n) is 4.94. The molecule has 0 bridgehead atoms. The molecule has 3 heteroatoms. The fourth-order valence-corrected chi connectivity index (χ4v) is 3.57. The van der Waals surface area contributed by atoms with Crippen molar-refractivity contribution in [1.82, 2.24) is 4.98 Å². The van der Waals surface area contributed by atoms with Crippen molar-refractivity contribution >= 4 is 11.5 Å². The third kappa shape index (κ3) is 3.72. The highest BCUT2D eigenvalue weighted by Gasteiger charge is 2.49. The molecule has 1 unspecified atom stereocenters. The SMILES string of the molecule is C=CC(C)N=C1C[C@]2(C/C1=C/C/C=C\C)C(=C)Nc1ncccc12.CC. The van der Waals surface area contributed by atoms with E-state index in [1.165, 1.54) is 16.8 Å². The van der Waals surface area contributed by atoms with E-state index in [1.807, 2.05) is 39.1 Å². The molecule has 0 amide bonds. The highest BCUT2D eigenvalue weighted by atomic mass is 15.1. The first-order chi connectivity index (χ1) is 12.6. The van der Waals surface area contributed by atoms with Gasteiger partial charge in [-0.25, -0.2) is 4.98 Å². The van der Waals surface area contributed by atoms with E-state index in [9.17, 15) is 0 Å². The molecule has 2 atom stereocenters. The average Bonchev–Trinajstić information content (AvgIpc) is 3.15. The van der Waals surface area contributed by atoms with Crippen molar-refractivity contribution in [2.45, 2.75) is 58.4 Å². The summed E-state index contributed by atoms with van der Waals surface area (Å²) in [5.74, 6) is 0.938. The van der Waals surface area contributed by atoms with Crippen LogP contribution in [0.15, 0.2) is 72.1 Å². The molecule has 3 rings (SSSR count). The molecule has 1 aromatic heterocycles. The van der Waals surface area contributed by atoms with Crippen LogP contribution in [0.4, 0.5) is 5.82 Å². The van der Waals surface area contributed by atoms with Gasteiger partial charge in [0.05, 0.1) is 6.04 Å². The Balaban J connectivity index is 0.00000117. The lowest BCUT2D eigenvalue weighted by molar-refractivity contribution is 0.580. The second kappa shape index (κ2) is 8.79. The van der Waals surface area contributed by atoms with Gasteiger partial charge in [-0.3, -0.25) is 4.99 Å². The average molecular weight is 350 g/mol. The molecular weight excluding hydrogens is 318 g/mol. The molecular formula is C23H31N3. The monoisotopic (exact) mass is 349 g/mol. The van der Waals surface area contributed by atoms with E-state index in [0.29, 0.717) is 0 Å². The van der Waals surface area contributed by atoms with Gasteiger partial charge in [0, 0.05) is 35.0 Å². The lowest BCUT2D eigenvalue weighted by atomic mass is 9.79. The van der Waals surface area contributed by atoms with Crippen LogP contribution < -0.4 is 5.32 Å². The summed E-state index contributed by atoms with van der Waals surface area (Å²) in [7, 11) is 0. The first-order valence-electron chi connectivity index (χ1n) is 9.52. The maximum absolute atomic E-state index is 4.90. The summed E-state index contributed by atoms with van der Waals surface area (Å²) in [6, 6.07) is 4.29. The first kappa shape index (κ1) is 19.9. The molecule has 0 saturated heterocycles. The highest BCUT2D eigenvalue weighted by Crippen LogP contribution is 2.53. The number of nitrogens with zero attached hydrogens (tertiary/aromatic N) is 2. The predicted molar refractivity (Wildman–Crippen MR) is 114 cm³/mol. The number of anilines is 1. The van der Waals surface area contributed by atoms with Crippen LogP contribution in [-0.4, -0.2) is 16.7 Å². The molecule has 1 fully saturated rings. The van der Waals surface area contributed by atoms with Crippen molar-refractivity contribution in [1.29, 1.82) is 0 Å². The van der Waals surface area contributed by atoms with Crippen LogP contribution in [0.3, 0.4) is 0 Å². The first-order valence-corrected chi connectivity index (χ1v) is 9.52. The number of allylic oxidation sites excluding steroid dienone is 5. The molecule has 138 valence electrons. The second-order valence-corrected chi connectivity index (χ2v) is 6.52. The maximum atomic E-state index is 4.90. The summed E-state index contributed by atoms with van der Waals surface area (Å²) < 4.78 is 0. The molecule has 1 spiro atoms.